The fourth-order valence-electron chi connectivity index (χ4n) is 18.2. The van der Waals surface area contributed by atoms with Crippen LogP contribution in [-0.2, 0) is 5.41 Å². The summed E-state index contributed by atoms with van der Waals surface area (Å²) in [6.45, 7) is 4.69. The average molecular weight is 1620 g/mol. The first-order valence-corrected chi connectivity index (χ1v) is 43.3. The molecule has 596 valence electrons. The zero-order valence-corrected chi connectivity index (χ0v) is 70.1. The highest BCUT2D eigenvalue weighted by atomic mass is 14.9. The van der Waals surface area contributed by atoms with Gasteiger partial charge < -0.3 is 0 Å². The third-order valence-corrected chi connectivity index (χ3v) is 24.9. The van der Waals surface area contributed by atoms with Crippen LogP contribution < -0.4 is 0 Å². The second-order valence-electron chi connectivity index (χ2n) is 33.3. The first-order chi connectivity index (χ1) is 62.6. The van der Waals surface area contributed by atoms with Gasteiger partial charge in [0.15, 0.2) is 11.6 Å². The average Bonchev–Trinajstić information content (AvgIpc) is 1.57. The van der Waals surface area contributed by atoms with E-state index in [9.17, 15) is 0 Å². The molecular formula is C121H82N6. The Bertz CT molecular complexity index is 8020. The molecule has 6 nitrogen and oxygen atoms in total. The van der Waals surface area contributed by atoms with Gasteiger partial charge in [-0.3, -0.25) is 0 Å². The van der Waals surface area contributed by atoms with Crippen LogP contribution in [0, 0.1) is 0 Å². The molecule has 0 saturated carbocycles. The molecule has 0 radical (unpaired) electrons. The highest BCUT2D eigenvalue weighted by molar-refractivity contribution is 6.01. The molecule has 20 aromatic carbocycles. The molecule has 23 aromatic rings. The predicted molar refractivity (Wildman–Crippen MR) is 531 cm³/mol. The Kier molecular flexibility index (Phi) is 19.9. The van der Waals surface area contributed by atoms with Gasteiger partial charge in [-0.05, 0) is 223 Å². The van der Waals surface area contributed by atoms with E-state index in [0.29, 0.717) is 0 Å². The minimum atomic E-state index is -0.0770. The molecule has 0 unspecified atom stereocenters. The van der Waals surface area contributed by atoms with Gasteiger partial charge in [-0.25, -0.2) is 29.9 Å². The summed E-state index contributed by atoms with van der Waals surface area (Å²) in [4.78, 5) is 30.5. The minimum absolute atomic E-state index is 0.0770. The standard InChI is InChI=1S/C46H30N2.C39H28N2.C36H24N2/c1-3-13-33(14-4-1)45-43-30-39(23-24-44(43)47-46(48-45)34-15-5-2-6-16-34)42-28-40(37-21-19-31-11-7-9-17-35(31)25-37)27-41(29-42)38-22-20-32-12-8-10-18-36(32)26-38;1-39(2)33-23-29(17-19-31(33)32-21-27-15-9-10-16-28(27)22-34(32)39)30-18-20-35-36(24-30)41-38(26-13-7-4-8-14-26)37(40-35)25-11-5-3-6-12-25;1-3-10-28(11-4-1)35-33-24-32(21-22-34(33)37-36(38-35)29-12-5-2-6-13-29)27-17-15-26(16-18-27)31-20-19-25-9-7-8-14-30(25)23-31/h1-30H;3-24H,1-2H3;1-24H. The van der Waals surface area contributed by atoms with E-state index < -0.39 is 0 Å². The summed E-state index contributed by atoms with van der Waals surface area (Å²) < 4.78 is 0. The number of aromatic nitrogens is 6. The van der Waals surface area contributed by atoms with Crippen molar-refractivity contribution >= 4 is 75.9 Å². The molecule has 0 fully saturated rings. The number of hydrogen-bond donors (Lipinski definition) is 0. The molecule has 0 amide bonds. The van der Waals surface area contributed by atoms with Crippen molar-refractivity contribution in [2.24, 2.45) is 0 Å². The van der Waals surface area contributed by atoms with E-state index in [2.05, 4.69) is 414 Å². The highest BCUT2D eigenvalue weighted by Gasteiger charge is 2.36. The molecule has 6 heteroatoms. The molecule has 3 aromatic heterocycles. The molecule has 0 N–H and O–H groups in total. The lowest BCUT2D eigenvalue weighted by Crippen LogP contribution is -2.15. The van der Waals surface area contributed by atoms with Crippen molar-refractivity contribution in [3.8, 4) is 146 Å². The Morgan fingerprint density at radius 1 is 0.150 bits per heavy atom. The van der Waals surface area contributed by atoms with Gasteiger partial charge in [-0.15, -0.1) is 0 Å². The van der Waals surface area contributed by atoms with E-state index in [1.54, 1.807) is 0 Å². The molecule has 127 heavy (non-hydrogen) atoms. The van der Waals surface area contributed by atoms with Crippen LogP contribution in [0.3, 0.4) is 0 Å². The lowest BCUT2D eigenvalue weighted by atomic mass is 9.81. The van der Waals surface area contributed by atoms with Crippen molar-refractivity contribution in [3.63, 3.8) is 0 Å². The quantitative estimate of drug-likeness (QED) is 0.121. The van der Waals surface area contributed by atoms with Crippen molar-refractivity contribution in [2.45, 2.75) is 19.3 Å². The van der Waals surface area contributed by atoms with Crippen molar-refractivity contribution < 1.29 is 0 Å². The Balaban J connectivity index is 0.000000113. The number of rotatable bonds is 12. The van der Waals surface area contributed by atoms with E-state index in [1.807, 2.05) is 60.7 Å². The molecule has 0 bridgehead atoms. The fraction of sp³-hybridized carbons (Fsp3) is 0.0248. The van der Waals surface area contributed by atoms with Gasteiger partial charge in [-0.2, -0.15) is 0 Å². The number of fused-ring (bicyclic) bond motifs is 10. The van der Waals surface area contributed by atoms with Crippen LogP contribution in [0.15, 0.2) is 461 Å². The molecule has 1 aliphatic rings. The monoisotopic (exact) mass is 1620 g/mol. The van der Waals surface area contributed by atoms with E-state index >= 15 is 0 Å². The summed E-state index contributed by atoms with van der Waals surface area (Å²) >= 11 is 0. The number of nitrogens with zero attached hydrogens (tertiary/aromatic N) is 6. The van der Waals surface area contributed by atoms with Crippen LogP contribution in [0.4, 0.5) is 0 Å². The summed E-state index contributed by atoms with van der Waals surface area (Å²) in [6, 6.07) is 163. The SMILES string of the molecule is CC1(C)c2cc(-c3ccc4nc(-c5ccccc5)c(-c5ccccc5)nc4c3)ccc2-c2cc3ccccc3cc21.c1ccc(-c2nc(-c3ccccc3)c3cc(-c4cc(-c5ccc6ccccc6c5)cc(-c5ccc6ccccc6c5)c4)ccc3n2)cc1.c1ccc(-c2nc(-c3ccccc3)c3cc(-c4ccc(-c5ccc6ccccc6c5)cc4)ccc3n2)cc1. The number of benzene rings is 20. The maximum atomic E-state index is 5.21. The third-order valence-electron chi connectivity index (χ3n) is 24.9. The van der Waals surface area contributed by atoms with Crippen molar-refractivity contribution in [3.05, 3.63) is 472 Å². The van der Waals surface area contributed by atoms with Crippen molar-refractivity contribution in [1.82, 2.24) is 29.9 Å². The van der Waals surface area contributed by atoms with Gasteiger partial charge in [-0.1, -0.05) is 384 Å². The summed E-state index contributed by atoms with van der Waals surface area (Å²) in [5, 5.41) is 12.1. The Labute approximate surface area is 737 Å². The highest BCUT2D eigenvalue weighted by Crippen LogP contribution is 2.52. The largest absolute Gasteiger partial charge is 0.244 e. The first kappa shape index (κ1) is 76.6. The third kappa shape index (κ3) is 15.2. The fourth-order valence-corrected chi connectivity index (χ4v) is 18.2. The van der Waals surface area contributed by atoms with Crippen LogP contribution in [-0.4, -0.2) is 29.9 Å². The van der Waals surface area contributed by atoms with Crippen molar-refractivity contribution in [1.29, 1.82) is 0 Å². The summed E-state index contributed by atoms with van der Waals surface area (Å²) in [5.74, 6) is 1.47. The summed E-state index contributed by atoms with van der Waals surface area (Å²) in [7, 11) is 0. The van der Waals surface area contributed by atoms with Gasteiger partial charge in [0.25, 0.3) is 0 Å². The summed E-state index contributed by atoms with van der Waals surface area (Å²) in [5.41, 5.74) is 33.1. The number of hydrogen-bond acceptors (Lipinski definition) is 6. The van der Waals surface area contributed by atoms with Gasteiger partial charge in [0.2, 0.25) is 0 Å². The summed E-state index contributed by atoms with van der Waals surface area (Å²) in [6.07, 6.45) is 0. The zero-order chi connectivity index (χ0) is 84.7. The molecule has 1 aliphatic carbocycles. The van der Waals surface area contributed by atoms with Crippen LogP contribution >= 0.6 is 0 Å². The Morgan fingerprint density at radius 2 is 0.433 bits per heavy atom. The van der Waals surface area contributed by atoms with E-state index in [4.69, 9.17) is 29.9 Å². The molecule has 0 saturated heterocycles. The maximum Gasteiger partial charge on any atom is 0.160 e. The van der Waals surface area contributed by atoms with Crippen LogP contribution in [0.25, 0.3) is 222 Å². The second kappa shape index (κ2) is 33.0. The van der Waals surface area contributed by atoms with Gasteiger partial charge in [0.05, 0.1) is 44.8 Å². The van der Waals surface area contributed by atoms with E-state index in [-0.39, 0.29) is 5.41 Å². The predicted octanol–water partition coefficient (Wildman–Crippen LogP) is 31.8. The van der Waals surface area contributed by atoms with Gasteiger partial charge >= 0.3 is 0 Å². The normalized spacial score (nSPS) is 11.9. The van der Waals surface area contributed by atoms with Crippen LogP contribution in [0.2, 0.25) is 0 Å². The first-order valence-electron chi connectivity index (χ1n) is 43.3. The molecule has 0 spiro atoms. The Hall–Kier alpha value is -16.5. The lowest BCUT2D eigenvalue weighted by Gasteiger charge is -2.22. The van der Waals surface area contributed by atoms with Gasteiger partial charge in [0.1, 0.15) is 0 Å². The molecule has 0 aliphatic heterocycles. The minimum Gasteiger partial charge on any atom is -0.244 e. The second-order valence-corrected chi connectivity index (χ2v) is 33.3. The molecular weight excluding hydrogens is 1540 g/mol. The Morgan fingerprint density at radius 3 is 0.850 bits per heavy atom. The van der Waals surface area contributed by atoms with Gasteiger partial charge in [0, 0.05) is 49.6 Å². The topological polar surface area (TPSA) is 77.3 Å². The maximum absolute atomic E-state index is 5.21. The molecule has 0 atom stereocenters. The van der Waals surface area contributed by atoms with E-state index in [1.165, 1.54) is 110 Å². The van der Waals surface area contributed by atoms with Crippen LogP contribution in [0.1, 0.15) is 25.0 Å². The van der Waals surface area contributed by atoms with Crippen LogP contribution in [0.5, 0.6) is 0 Å². The molecule has 3 heterocycles. The van der Waals surface area contributed by atoms with E-state index in [0.717, 1.165) is 123 Å². The van der Waals surface area contributed by atoms with Crippen molar-refractivity contribution in [2.75, 3.05) is 0 Å². The smallest absolute Gasteiger partial charge is 0.160 e. The lowest BCUT2D eigenvalue weighted by molar-refractivity contribution is 0.661. The zero-order valence-electron chi connectivity index (χ0n) is 70.1. The molecule has 24 rings (SSSR count).